The van der Waals surface area contributed by atoms with Crippen LogP contribution < -0.4 is 5.32 Å². The molecule has 0 aliphatic rings. The van der Waals surface area contributed by atoms with E-state index in [0.717, 1.165) is 12.2 Å². The van der Waals surface area contributed by atoms with Gasteiger partial charge < -0.3 is 5.32 Å². The fourth-order valence-corrected chi connectivity index (χ4v) is 2.06. The highest BCUT2D eigenvalue weighted by molar-refractivity contribution is 5.66. The standard InChI is InChI=1S/C16H20N2/c1-12(2)13-6-8-14(9-7-13)15-5-4-10-18-16(15)11-17-3/h4-10,12,17H,11H2,1-3H3. The molecule has 2 rings (SSSR count). The summed E-state index contributed by atoms with van der Waals surface area (Å²) < 4.78 is 0. The van der Waals surface area contributed by atoms with Gasteiger partial charge in [-0.3, -0.25) is 4.98 Å². The molecule has 18 heavy (non-hydrogen) atoms. The molecule has 0 spiro atoms. The minimum absolute atomic E-state index is 0.574. The van der Waals surface area contributed by atoms with Gasteiger partial charge in [0.05, 0.1) is 5.69 Å². The van der Waals surface area contributed by atoms with Crippen LogP contribution in [-0.2, 0) is 6.54 Å². The molecule has 1 N–H and O–H groups in total. The normalized spacial score (nSPS) is 10.9. The molecule has 1 heterocycles. The molecule has 2 aromatic rings. The number of nitrogens with one attached hydrogen (secondary N) is 1. The predicted molar refractivity (Wildman–Crippen MR) is 76.5 cm³/mol. The van der Waals surface area contributed by atoms with Crippen LogP contribution in [0.1, 0.15) is 31.0 Å². The Bertz CT molecular complexity index is 501. The maximum atomic E-state index is 4.44. The van der Waals surface area contributed by atoms with E-state index in [0.29, 0.717) is 5.92 Å². The van der Waals surface area contributed by atoms with Crippen molar-refractivity contribution in [3.05, 3.63) is 53.9 Å². The zero-order valence-corrected chi connectivity index (χ0v) is 11.3. The molecule has 0 saturated carbocycles. The number of pyridine rings is 1. The summed E-state index contributed by atoms with van der Waals surface area (Å²) in [5.41, 5.74) is 4.91. The molecule has 0 atom stereocenters. The third-order valence-electron chi connectivity index (χ3n) is 3.12. The molecule has 94 valence electrons. The first-order chi connectivity index (χ1) is 8.72. The van der Waals surface area contributed by atoms with E-state index in [2.05, 4.69) is 54.5 Å². The first-order valence-corrected chi connectivity index (χ1v) is 6.41. The minimum Gasteiger partial charge on any atom is -0.314 e. The number of benzene rings is 1. The Labute approximate surface area is 109 Å². The van der Waals surface area contributed by atoms with Gasteiger partial charge in [-0.1, -0.05) is 44.2 Å². The summed E-state index contributed by atoms with van der Waals surface area (Å²) in [5.74, 6) is 0.574. The van der Waals surface area contributed by atoms with E-state index in [9.17, 15) is 0 Å². The lowest BCUT2D eigenvalue weighted by atomic mass is 9.98. The molecule has 0 amide bonds. The smallest absolute Gasteiger partial charge is 0.0619 e. The summed E-state index contributed by atoms with van der Waals surface area (Å²) in [4.78, 5) is 4.44. The summed E-state index contributed by atoms with van der Waals surface area (Å²) >= 11 is 0. The van der Waals surface area contributed by atoms with Crippen LogP contribution in [0.3, 0.4) is 0 Å². The van der Waals surface area contributed by atoms with Crippen LogP contribution >= 0.6 is 0 Å². The Kier molecular flexibility index (Phi) is 4.11. The van der Waals surface area contributed by atoms with Crippen molar-refractivity contribution in [1.82, 2.24) is 10.3 Å². The number of nitrogens with zero attached hydrogens (tertiary/aromatic N) is 1. The van der Waals surface area contributed by atoms with E-state index in [4.69, 9.17) is 0 Å². The summed E-state index contributed by atoms with van der Waals surface area (Å²) in [6, 6.07) is 12.9. The van der Waals surface area contributed by atoms with Gasteiger partial charge in [-0.25, -0.2) is 0 Å². The maximum Gasteiger partial charge on any atom is 0.0619 e. The molecule has 0 saturated heterocycles. The van der Waals surface area contributed by atoms with Crippen molar-refractivity contribution in [2.75, 3.05) is 7.05 Å². The Morgan fingerprint density at radius 2 is 1.83 bits per heavy atom. The van der Waals surface area contributed by atoms with Crippen LogP contribution in [0.4, 0.5) is 0 Å². The van der Waals surface area contributed by atoms with Crippen LogP contribution in [-0.4, -0.2) is 12.0 Å². The molecule has 1 aromatic carbocycles. The van der Waals surface area contributed by atoms with Crippen molar-refractivity contribution in [2.45, 2.75) is 26.3 Å². The molecule has 1 aromatic heterocycles. The summed E-state index contributed by atoms with van der Waals surface area (Å²) in [6.45, 7) is 5.22. The van der Waals surface area contributed by atoms with Crippen LogP contribution in [0.5, 0.6) is 0 Å². The lowest BCUT2D eigenvalue weighted by Crippen LogP contribution is -2.08. The van der Waals surface area contributed by atoms with Crippen molar-refractivity contribution in [2.24, 2.45) is 0 Å². The SMILES string of the molecule is CNCc1ncccc1-c1ccc(C(C)C)cc1. The number of hydrogen-bond acceptors (Lipinski definition) is 2. The highest BCUT2D eigenvalue weighted by Gasteiger charge is 2.06. The first kappa shape index (κ1) is 12.8. The Hall–Kier alpha value is -1.67. The fraction of sp³-hybridized carbons (Fsp3) is 0.312. The zero-order valence-electron chi connectivity index (χ0n) is 11.3. The van der Waals surface area contributed by atoms with Gasteiger partial charge in [-0.2, -0.15) is 0 Å². The van der Waals surface area contributed by atoms with E-state index in [1.54, 1.807) is 0 Å². The first-order valence-electron chi connectivity index (χ1n) is 6.41. The zero-order chi connectivity index (χ0) is 13.0. The molecule has 0 aliphatic heterocycles. The Balaban J connectivity index is 2.36. The number of rotatable bonds is 4. The van der Waals surface area contributed by atoms with Crippen LogP contribution in [0, 0.1) is 0 Å². The van der Waals surface area contributed by atoms with Gasteiger partial charge in [0.2, 0.25) is 0 Å². The van der Waals surface area contributed by atoms with Crippen molar-refractivity contribution in [1.29, 1.82) is 0 Å². The van der Waals surface area contributed by atoms with Crippen molar-refractivity contribution >= 4 is 0 Å². The van der Waals surface area contributed by atoms with E-state index >= 15 is 0 Å². The summed E-state index contributed by atoms with van der Waals surface area (Å²) in [7, 11) is 1.94. The van der Waals surface area contributed by atoms with E-state index < -0.39 is 0 Å². The quantitative estimate of drug-likeness (QED) is 0.883. The van der Waals surface area contributed by atoms with E-state index in [-0.39, 0.29) is 0 Å². The van der Waals surface area contributed by atoms with E-state index in [1.807, 2.05) is 19.3 Å². The molecule has 0 aliphatic carbocycles. The second-order valence-electron chi connectivity index (χ2n) is 4.80. The van der Waals surface area contributed by atoms with Gasteiger partial charge in [0, 0.05) is 18.3 Å². The van der Waals surface area contributed by atoms with Gasteiger partial charge >= 0.3 is 0 Å². The molecule has 0 bridgehead atoms. The number of hydrogen-bond donors (Lipinski definition) is 1. The molecule has 2 nitrogen and oxygen atoms in total. The minimum atomic E-state index is 0.574. The van der Waals surface area contributed by atoms with Gasteiger partial charge in [-0.15, -0.1) is 0 Å². The van der Waals surface area contributed by atoms with Crippen LogP contribution in [0.15, 0.2) is 42.6 Å². The van der Waals surface area contributed by atoms with E-state index in [1.165, 1.54) is 16.7 Å². The van der Waals surface area contributed by atoms with Gasteiger partial charge in [0.1, 0.15) is 0 Å². The maximum absolute atomic E-state index is 4.44. The third kappa shape index (κ3) is 2.77. The third-order valence-corrected chi connectivity index (χ3v) is 3.12. The van der Waals surface area contributed by atoms with Crippen molar-refractivity contribution in [3.63, 3.8) is 0 Å². The molecule has 2 heteroatoms. The largest absolute Gasteiger partial charge is 0.314 e. The summed E-state index contributed by atoms with van der Waals surface area (Å²) in [5, 5.41) is 3.16. The molecular formula is C16H20N2. The molecule has 0 unspecified atom stereocenters. The Morgan fingerprint density at radius 1 is 1.11 bits per heavy atom. The average Bonchev–Trinajstić information content (AvgIpc) is 2.40. The lowest BCUT2D eigenvalue weighted by Gasteiger charge is -2.10. The topological polar surface area (TPSA) is 24.9 Å². The second-order valence-corrected chi connectivity index (χ2v) is 4.80. The number of aromatic nitrogens is 1. The predicted octanol–water partition coefficient (Wildman–Crippen LogP) is 3.59. The average molecular weight is 240 g/mol. The van der Waals surface area contributed by atoms with Crippen molar-refractivity contribution in [3.8, 4) is 11.1 Å². The van der Waals surface area contributed by atoms with Crippen molar-refractivity contribution < 1.29 is 0 Å². The van der Waals surface area contributed by atoms with Gasteiger partial charge in [-0.05, 0) is 30.2 Å². The lowest BCUT2D eigenvalue weighted by molar-refractivity contribution is 0.793. The van der Waals surface area contributed by atoms with Crippen LogP contribution in [0.2, 0.25) is 0 Å². The Morgan fingerprint density at radius 3 is 2.44 bits per heavy atom. The second kappa shape index (κ2) is 5.78. The molecule has 0 fully saturated rings. The fourth-order valence-electron chi connectivity index (χ4n) is 2.06. The monoisotopic (exact) mass is 240 g/mol. The highest BCUT2D eigenvalue weighted by Crippen LogP contribution is 2.24. The summed E-state index contributed by atoms with van der Waals surface area (Å²) in [6.07, 6.45) is 1.85. The molecular weight excluding hydrogens is 220 g/mol. The molecule has 0 radical (unpaired) electrons. The van der Waals surface area contributed by atoms with Gasteiger partial charge in [0.25, 0.3) is 0 Å². The van der Waals surface area contributed by atoms with Crippen LogP contribution in [0.25, 0.3) is 11.1 Å². The van der Waals surface area contributed by atoms with Gasteiger partial charge in [0.15, 0.2) is 0 Å². The highest BCUT2D eigenvalue weighted by atomic mass is 14.8.